The molecule has 2 atom stereocenters. The molecule has 1 nitrogen and oxygen atoms in total. The van der Waals surface area contributed by atoms with Gasteiger partial charge in [-0.15, -0.1) is 0 Å². The highest BCUT2D eigenvalue weighted by Gasteiger charge is 2.15. The number of rotatable bonds is 6. The lowest BCUT2D eigenvalue weighted by atomic mass is 9.90. The minimum absolute atomic E-state index is 0.369. The molecule has 0 aliphatic rings. The molecular weight excluding hydrogens is 310 g/mol. The van der Waals surface area contributed by atoms with Gasteiger partial charge in [-0.1, -0.05) is 48.3 Å². The van der Waals surface area contributed by atoms with Gasteiger partial charge in [-0.05, 0) is 55.5 Å². The van der Waals surface area contributed by atoms with Crippen LogP contribution in [0.3, 0.4) is 0 Å². The molecule has 0 aliphatic heterocycles. The average molecular weight is 333 g/mol. The molecule has 0 saturated carbocycles. The molecule has 1 N–H and O–H groups in total. The van der Waals surface area contributed by atoms with E-state index in [1.54, 1.807) is 0 Å². The maximum Gasteiger partial charge on any atom is 0.0420 e. The number of nitrogens with one attached hydrogen (secondary N) is 1. The van der Waals surface area contributed by atoms with Crippen LogP contribution in [0.25, 0.3) is 0 Å². The first-order valence-corrected chi connectivity index (χ1v) is 7.72. The molecule has 18 heavy (non-hydrogen) atoms. The SMILES string of the molecule is CNC(CC(C)CC(C)C)c1cc(Cl)cc(Br)c1. The standard InChI is InChI=1S/C15H23BrClN/c1-10(2)5-11(3)6-15(18-4)12-7-13(16)9-14(17)8-12/h7-11,15,18H,5-6H2,1-4H3. The first-order valence-electron chi connectivity index (χ1n) is 6.55. The fourth-order valence-corrected chi connectivity index (χ4v) is 3.39. The van der Waals surface area contributed by atoms with Gasteiger partial charge in [-0.3, -0.25) is 0 Å². The van der Waals surface area contributed by atoms with E-state index >= 15 is 0 Å². The average Bonchev–Trinajstić information content (AvgIpc) is 2.23. The van der Waals surface area contributed by atoms with Gasteiger partial charge in [0.25, 0.3) is 0 Å². The predicted octanol–water partition coefficient (Wildman–Crippen LogP) is 5.44. The van der Waals surface area contributed by atoms with Gasteiger partial charge in [0, 0.05) is 15.5 Å². The van der Waals surface area contributed by atoms with Crippen molar-refractivity contribution in [2.75, 3.05) is 7.05 Å². The zero-order valence-corrected chi connectivity index (χ0v) is 14.0. The van der Waals surface area contributed by atoms with E-state index in [2.05, 4.69) is 54.2 Å². The molecule has 2 unspecified atom stereocenters. The zero-order valence-electron chi connectivity index (χ0n) is 11.6. The first-order chi connectivity index (χ1) is 8.42. The van der Waals surface area contributed by atoms with Crippen molar-refractivity contribution in [3.8, 4) is 0 Å². The van der Waals surface area contributed by atoms with Crippen LogP contribution in [0, 0.1) is 11.8 Å². The predicted molar refractivity (Wildman–Crippen MR) is 84.2 cm³/mol. The van der Waals surface area contributed by atoms with Crippen molar-refractivity contribution in [2.24, 2.45) is 11.8 Å². The van der Waals surface area contributed by atoms with Crippen LogP contribution >= 0.6 is 27.5 Å². The van der Waals surface area contributed by atoms with Crippen LogP contribution in [0.4, 0.5) is 0 Å². The second kappa shape index (κ2) is 7.52. The van der Waals surface area contributed by atoms with Crippen LogP contribution in [-0.2, 0) is 0 Å². The minimum Gasteiger partial charge on any atom is -0.313 e. The minimum atomic E-state index is 0.369. The van der Waals surface area contributed by atoms with Crippen LogP contribution in [0.2, 0.25) is 5.02 Å². The van der Waals surface area contributed by atoms with E-state index in [0.717, 1.165) is 21.8 Å². The fraction of sp³-hybridized carbons (Fsp3) is 0.600. The van der Waals surface area contributed by atoms with Crippen LogP contribution in [0.15, 0.2) is 22.7 Å². The smallest absolute Gasteiger partial charge is 0.0420 e. The van der Waals surface area contributed by atoms with E-state index in [0.29, 0.717) is 12.0 Å². The van der Waals surface area contributed by atoms with Crippen LogP contribution < -0.4 is 5.32 Å². The van der Waals surface area contributed by atoms with E-state index in [1.165, 1.54) is 12.0 Å². The molecule has 1 rings (SSSR count). The number of halogens is 2. The summed E-state index contributed by atoms with van der Waals surface area (Å²) in [5.74, 6) is 1.46. The third kappa shape index (κ3) is 5.29. The van der Waals surface area contributed by atoms with Crippen molar-refractivity contribution in [3.63, 3.8) is 0 Å². The normalized spacial score (nSPS) is 14.8. The first kappa shape index (κ1) is 16.0. The number of hydrogen-bond acceptors (Lipinski definition) is 1. The third-order valence-electron chi connectivity index (χ3n) is 3.15. The molecule has 0 fully saturated rings. The molecule has 102 valence electrons. The summed E-state index contributed by atoms with van der Waals surface area (Å²) in [6, 6.07) is 6.49. The Kier molecular flexibility index (Phi) is 6.68. The quantitative estimate of drug-likeness (QED) is 0.732. The molecule has 0 heterocycles. The topological polar surface area (TPSA) is 12.0 Å². The molecule has 0 radical (unpaired) electrons. The molecule has 1 aromatic rings. The van der Waals surface area contributed by atoms with Crippen LogP contribution in [0.1, 0.15) is 45.2 Å². The highest BCUT2D eigenvalue weighted by Crippen LogP contribution is 2.29. The Morgan fingerprint density at radius 1 is 1.17 bits per heavy atom. The van der Waals surface area contributed by atoms with Crippen molar-refractivity contribution in [1.29, 1.82) is 0 Å². The Morgan fingerprint density at radius 2 is 1.83 bits per heavy atom. The summed E-state index contributed by atoms with van der Waals surface area (Å²) in [5.41, 5.74) is 1.26. The second-order valence-electron chi connectivity index (χ2n) is 5.51. The van der Waals surface area contributed by atoms with E-state index < -0.39 is 0 Å². The molecule has 0 spiro atoms. The van der Waals surface area contributed by atoms with E-state index in [4.69, 9.17) is 11.6 Å². The molecule has 0 aliphatic carbocycles. The number of hydrogen-bond donors (Lipinski definition) is 1. The van der Waals surface area contributed by atoms with E-state index in [9.17, 15) is 0 Å². The molecule has 0 bridgehead atoms. The van der Waals surface area contributed by atoms with Crippen molar-refractivity contribution < 1.29 is 0 Å². The maximum absolute atomic E-state index is 6.11. The second-order valence-corrected chi connectivity index (χ2v) is 6.87. The van der Waals surface area contributed by atoms with Crippen molar-refractivity contribution >= 4 is 27.5 Å². The maximum atomic E-state index is 6.11. The third-order valence-corrected chi connectivity index (χ3v) is 3.82. The molecule has 0 aromatic heterocycles. The summed E-state index contributed by atoms with van der Waals surface area (Å²) in [6.07, 6.45) is 2.40. The van der Waals surface area contributed by atoms with Crippen LogP contribution in [0.5, 0.6) is 0 Å². The van der Waals surface area contributed by atoms with Gasteiger partial charge in [-0.25, -0.2) is 0 Å². The summed E-state index contributed by atoms with van der Waals surface area (Å²) in [5, 5.41) is 4.19. The van der Waals surface area contributed by atoms with Crippen molar-refractivity contribution in [3.05, 3.63) is 33.3 Å². The molecule has 3 heteroatoms. The van der Waals surface area contributed by atoms with Crippen LogP contribution in [-0.4, -0.2) is 7.05 Å². The van der Waals surface area contributed by atoms with Crippen molar-refractivity contribution in [2.45, 2.75) is 39.7 Å². The lowest BCUT2D eigenvalue weighted by Gasteiger charge is -2.22. The Hall–Kier alpha value is -0.0500. The summed E-state index contributed by atoms with van der Waals surface area (Å²) in [4.78, 5) is 0. The largest absolute Gasteiger partial charge is 0.313 e. The Bertz CT molecular complexity index is 359. The fourth-order valence-electron chi connectivity index (χ4n) is 2.50. The highest BCUT2D eigenvalue weighted by atomic mass is 79.9. The monoisotopic (exact) mass is 331 g/mol. The van der Waals surface area contributed by atoms with E-state index in [-0.39, 0.29) is 0 Å². The van der Waals surface area contributed by atoms with Crippen molar-refractivity contribution in [1.82, 2.24) is 5.32 Å². The summed E-state index contributed by atoms with van der Waals surface area (Å²) < 4.78 is 1.04. The lowest BCUT2D eigenvalue weighted by molar-refractivity contribution is 0.366. The molecular formula is C15H23BrClN. The Balaban J connectivity index is 2.76. The van der Waals surface area contributed by atoms with Gasteiger partial charge in [0.1, 0.15) is 0 Å². The van der Waals surface area contributed by atoms with Gasteiger partial charge >= 0.3 is 0 Å². The van der Waals surface area contributed by atoms with E-state index in [1.807, 2.05) is 13.1 Å². The zero-order chi connectivity index (χ0) is 13.7. The van der Waals surface area contributed by atoms with Gasteiger partial charge in [-0.2, -0.15) is 0 Å². The molecule has 0 amide bonds. The van der Waals surface area contributed by atoms with Gasteiger partial charge in [0.15, 0.2) is 0 Å². The highest BCUT2D eigenvalue weighted by molar-refractivity contribution is 9.10. The van der Waals surface area contributed by atoms with Gasteiger partial charge in [0.05, 0.1) is 0 Å². The van der Waals surface area contributed by atoms with Gasteiger partial charge < -0.3 is 5.32 Å². The Morgan fingerprint density at radius 3 is 2.33 bits per heavy atom. The molecule has 0 saturated heterocycles. The van der Waals surface area contributed by atoms with Gasteiger partial charge in [0.2, 0.25) is 0 Å². The number of benzene rings is 1. The molecule has 1 aromatic carbocycles. The summed E-state index contributed by atoms with van der Waals surface area (Å²) in [6.45, 7) is 6.88. The summed E-state index contributed by atoms with van der Waals surface area (Å²) in [7, 11) is 2.02. The Labute approximate surface area is 124 Å². The lowest BCUT2D eigenvalue weighted by Crippen LogP contribution is -2.19. The summed E-state index contributed by atoms with van der Waals surface area (Å²) >= 11 is 9.62.